The van der Waals surface area contributed by atoms with Gasteiger partial charge in [0.15, 0.2) is 0 Å². The molecule has 2 rings (SSSR count). The van der Waals surface area contributed by atoms with Crippen LogP contribution in [0.25, 0.3) is 0 Å². The van der Waals surface area contributed by atoms with E-state index in [0.717, 1.165) is 17.7 Å². The highest BCUT2D eigenvalue weighted by Crippen LogP contribution is 2.18. The average molecular weight is 259 g/mol. The lowest BCUT2D eigenvalue weighted by Gasteiger charge is -2.07. The van der Waals surface area contributed by atoms with Gasteiger partial charge >= 0.3 is 0 Å². The van der Waals surface area contributed by atoms with Crippen molar-refractivity contribution in [1.29, 1.82) is 5.26 Å². The molecule has 92 valence electrons. The minimum atomic E-state index is 0.416. The highest BCUT2D eigenvalue weighted by Gasteiger charge is 2.08. The fourth-order valence-electron chi connectivity index (χ4n) is 1.59. The first-order valence-corrected chi connectivity index (χ1v) is 6.48. The van der Waals surface area contributed by atoms with Crippen LogP contribution in [0.1, 0.15) is 21.7 Å². The van der Waals surface area contributed by atoms with Gasteiger partial charge < -0.3 is 4.74 Å². The second-order valence-electron chi connectivity index (χ2n) is 3.88. The lowest BCUT2D eigenvalue weighted by molar-refractivity contribution is 0.309. The molecule has 0 bridgehead atoms. The van der Waals surface area contributed by atoms with Crippen LogP contribution in [0.2, 0.25) is 0 Å². The maximum Gasteiger partial charge on any atom is 0.231 e. The summed E-state index contributed by atoms with van der Waals surface area (Å²) in [5.74, 6) is 0.416. The van der Waals surface area contributed by atoms with Gasteiger partial charge in [-0.2, -0.15) is 5.26 Å². The summed E-state index contributed by atoms with van der Waals surface area (Å²) in [6.07, 6.45) is 2.44. The summed E-state index contributed by atoms with van der Waals surface area (Å²) in [6, 6.07) is 3.93. The number of rotatable bonds is 4. The minimum Gasteiger partial charge on any atom is -0.476 e. The van der Waals surface area contributed by atoms with Crippen LogP contribution in [0.4, 0.5) is 0 Å². The summed E-state index contributed by atoms with van der Waals surface area (Å²) in [6.45, 7) is 4.37. The number of pyridine rings is 1. The molecule has 0 N–H and O–H groups in total. The molecule has 0 saturated heterocycles. The molecule has 4 nitrogen and oxygen atoms in total. The molecule has 0 aliphatic rings. The number of thiazole rings is 1. The van der Waals surface area contributed by atoms with Crippen LogP contribution in [0.3, 0.4) is 0 Å². The molecule has 2 heterocycles. The smallest absolute Gasteiger partial charge is 0.231 e. The molecular weight excluding hydrogens is 246 g/mol. The Morgan fingerprint density at radius 3 is 2.89 bits per heavy atom. The van der Waals surface area contributed by atoms with Crippen LogP contribution in [-0.2, 0) is 6.42 Å². The van der Waals surface area contributed by atoms with E-state index in [2.05, 4.69) is 16.0 Å². The molecule has 0 aromatic carbocycles. The number of hydrogen-bond donors (Lipinski definition) is 0. The molecule has 0 spiro atoms. The third-order valence-corrected chi connectivity index (χ3v) is 3.64. The highest BCUT2D eigenvalue weighted by molar-refractivity contribution is 7.09. The topological polar surface area (TPSA) is 58.8 Å². The van der Waals surface area contributed by atoms with Crippen LogP contribution >= 0.6 is 11.3 Å². The van der Waals surface area contributed by atoms with Gasteiger partial charge in [-0.1, -0.05) is 0 Å². The summed E-state index contributed by atoms with van der Waals surface area (Å²) >= 11 is 1.62. The molecule has 2 aromatic rings. The number of nitrogens with zero attached hydrogens (tertiary/aromatic N) is 3. The number of hydrogen-bond acceptors (Lipinski definition) is 5. The quantitative estimate of drug-likeness (QED) is 0.847. The SMILES string of the molecule is Cc1ccnc(OCCc2scnc2C)c1C#N. The average Bonchev–Trinajstić information content (AvgIpc) is 2.75. The predicted octanol–water partition coefficient (Wildman–Crippen LogP) is 2.65. The molecular formula is C13H13N3OS. The van der Waals surface area contributed by atoms with E-state index >= 15 is 0 Å². The third-order valence-electron chi connectivity index (χ3n) is 2.65. The van der Waals surface area contributed by atoms with E-state index in [4.69, 9.17) is 10.00 Å². The summed E-state index contributed by atoms with van der Waals surface area (Å²) in [5.41, 5.74) is 4.27. The zero-order chi connectivity index (χ0) is 13.0. The van der Waals surface area contributed by atoms with Crippen molar-refractivity contribution in [3.8, 4) is 11.9 Å². The monoisotopic (exact) mass is 259 g/mol. The van der Waals surface area contributed by atoms with E-state index in [1.165, 1.54) is 4.88 Å². The molecule has 0 amide bonds. The van der Waals surface area contributed by atoms with Crippen LogP contribution < -0.4 is 4.74 Å². The van der Waals surface area contributed by atoms with Gasteiger partial charge in [0.05, 0.1) is 17.8 Å². The Morgan fingerprint density at radius 1 is 1.39 bits per heavy atom. The Kier molecular flexibility index (Phi) is 3.90. The highest BCUT2D eigenvalue weighted by atomic mass is 32.1. The van der Waals surface area contributed by atoms with Gasteiger partial charge in [0, 0.05) is 17.5 Å². The number of aryl methyl sites for hydroxylation is 2. The van der Waals surface area contributed by atoms with E-state index in [-0.39, 0.29) is 0 Å². The van der Waals surface area contributed by atoms with Gasteiger partial charge in [-0.15, -0.1) is 11.3 Å². The summed E-state index contributed by atoms with van der Waals surface area (Å²) < 4.78 is 5.58. The zero-order valence-corrected chi connectivity index (χ0v) is 11.1. The van der Waals surface area contributed by atoms with Gasteiger partial charge in [0.25, 0.3) is 0 Å². The minimum absolute atomic E-state index is 0.416. The summed E-state index contributed by atoms with van der Waals surface area (Å²) in [5, 5.41) is 9.05. The van der Waals surface area contributed by atoms with E-state index < -0.39 is 0 Å². The second kappa shape index (κ2) is 5.61. The fraction of sp³-hybridized carbons (Fsp3) is 0.308. The van der Waals surface area contributed by atoms with E-state index in [9.17, 15) is 0 Å². The predicted molar refractivity (Wildman–Crippen MR) is 69.7 cm³/mol. The molecule has 18 heavy (non-hydrogen) atoms. The van der Waals surface area contributed by atoms with Crippen LogP contribution in [0.15, 0.2) is 17.8 Å². The van der Waals surface area contributed by atoms with Gasteiger partial charge in [-0.25, -0.2) is 9.97 Å². The van der Waals surface area contributed by atoms with Gasteiger partial charge in [0.2, 0.25) is 5.88 Å². The molecule has 0 fully saturated rings. The standard InChI is InChI=1S/C13H13N3OS/c1-9-3-5-15-13(11(9)7-14)17-6-4-12-10(2)16-8-18-12/h3,5,8H,4,6H2,1-2H3. The number of nitriles is 1. The largest absolute Gasteiger partial charge is 0.476 e. The maximum absolute atomic E-state index is 9.05. The van der Waals surface area contributed by atoms with Crippen molar-refractivity contribution in [2.75, 3.05) is 6.61 Å². The van der Waals surface area contributed by atoms with E-state index in [1.54, 1.807) is 23.6 Å². The van der Waals surface area contributed by atoms with Crippen molar-refractivity contribution in [2.45, 2.75) is 20.3 Å². The molecule has 0 saturated carbocycles. The maximum atomic E-state index is 9.05. The van der Waals surface area contributed by atoms with Gasteiger partial charge in [0.1, 0.15) is 11.6 Å². The van der Waals surface area contributed by atoms with E-state index in [1.807, 2.05) is 19.4 Å². The second-order valence-corrected chi connectivity index (χ2v) is 4.82. The van der Waals surface area contributed by atoms with Gasteiger partial charge in [-0.3, -0.25) is 0 Å². The van der Waals surface area contributed by atoms with Crippen molar-refractivity contribution in [1.82, 2.24) is 9.97 Å². The first-order valence-electron chi connectivity index (χ1n) is 5.60. The summed E-state index contributed by atoms with van der Waals surface area (Å²) in [4.78, 5) is 9.49. The molecule has 0 aliphatic heterocycles. The molecule has 0 unspecified atom stereocenters. The van der Waals surface area contributed by atoms with Gasteiger partial charge in [-0.05, 0) is 25.5 Å². The Hall–Kier alpha value is -1.93. The third kappa shape index (κ3) is 2.66. The molecule has 2 aromatic heterocycles. The van der Waals surface area contributed by atoms with Crippen LogP contribution in [0.5, 0.6) is 5.88 Å². The first kappa shape index (κ1) is 12.5. The Balaban J connectivity index is 2.01. The lowest BCUT2D eigenvalue weighted by atomic mass is 10.2. The molecule has 0 aliphatic carbocycles. The van der Waals surface area contributed by atoms with Crippen LogP contribution in [-0.4, -0.2) is 16.6 Å². The fourth-order valence-corrected chi connectivity index (χ4v) is 2.35. The Morgan fingerprint density at radius 2 is 2.22 bits per heavy atom. The van der Waals surface area contributed by atoms with Crippen molar-refractivity contribution < 1.29 is 4.74 Å². The summed E-state index contributed by atoms with van der Waals surface area (Å²) in [7, 11) is 0. The molecule has 5 heteroatoms. The zero-order valence-electron chi connectivity index (χ0n) is 10.3. The number of aromatic nitrogens is 2. The Labute approximate surface area is 110 Å². The van der Waals surface area contributed by atoms with Crippen molar-refractivity contribution >= 4 is 11.3 Å². The molecule has 0 atom stereocenters. The van der Waals surface area contributed by atoms with E-state index in [0.29, 0.717) is 18.1 Å². The number of ether oxygens (including phenoxy) is 1. The first-order chi connectivity index (χ1) is 8.72. The van der Waals surface area contributed by atoms with Crippen molar-refractivity contribution in [3.63, 3.8) is 0 Å². The van der Waals surface area contributed by atoms with Crippen molar-refractivity contribution in [2.24, 2.45) is 0 Å². The lowest BCUT2D eigenvalue weighted by Crippen LogP contribution is -2.04. The van der Waals surface area contributed by atoms with Crippen molar-refractivity contribution in [3.05, 3.63) is 39.5 Å². The van der Waals surface area contributed by atoms with Crippen LogP contribution in [0, 0.1) is 25.2 Å². The normalized spacial score (nSPS) is 10.1. The Bertz CT molecular complexity index is 586. The molecule has 0 radical (unpaired) electrons.